The predicted octanol–water partition coefficient (Wildman–Crippen LogP) is 5.55. The molecule has 1 atom stereocenters. The normalized spacial score (nSPS) is 13.3. The fraction of sp³-hybridized carbons (Fsp3) is 0.167. The summed E-state index contributed by atoms with van der Waals surface area (Å²) in [5.74, 6) is 0. The molecule has 0 amide bonds. The minimum atomic E-state index is 0.114. The van der Waals surface area contributed by atoms with E-state index in [1.54, 1.807) is 22.7 Å². The Morgan fingerprint density at radius 2 is 2.06 bits per heavy atom. The average molecular weight is 285 g/mol. The van der Waals surface area contributed by atoms with Crippen LogP contribution in [0.3, 0.4) is 0 Å². The number of hydrogen-bond acceptors (Lipinski definition) is 3. The first-order chi connectivity index (χ1) is 7.83. The van der Waals surface area contributed by atoms with Gasteiger partial charge in [0.2, 0.25) is 0 Å². The largest absolute Gasteiger partial charge is 0.149 e. The van der Waals surface area contributed by atoms with Crippen molar-refractivity contribution >= 4 is 55.0 Å². The molecule has 3 heterocycles. The van der Waals surface area contributed by atoms with Gasteiger partial charge in [0.05, 0.1) is 5.38 Å². The van der Waals surface area contributed by atoms with Gasteiger partial charge in [0.15, 0.2) is 0 Å². The van der Waals surface area contributed by atoms with E-state index in [9.17, 15) is 0 Å². The van der Waals surface area contributed by atoms with Gasteiger partial charge in [0, 0.05) is 25.6 Å². The molecule has 3 aromatic heterocycles. The molecule has 3 aromatic rings. The summed E-state index contributed by atoms with van der Waals surface area (Å²) in [5, 5.41) is 4.35. The van der Waals surface area contributed by atoms with E-state index >= 15 is 0 Å². The molecule has 0 bridgehead atoms. The van der Waals surface area contributed by atoms with Gasteiger partial charge in [-0.05, 0) is 29.0 Å². The van der Waals surface area contributed by atoms with Crippen molar-refractivity contribution in [2.45, 2.75) is 11.8 Å². The zero-order chi connectivity index (χ0) is 11.0. The van der Waals surface area contributed by atoms with Crippen molar-refractivity contribution < 1.29 is 0 Å². The van der Waals surface area contributed by atoms with Gasteiger partial charge in [-0.25, -0.2) is 0 Å². The van der Waals surface area contributed by atoms with Crippen molar-refractivity contribution in [1.29, 1.82) is 0 Å². The van der Waals surface area contributed by atoms with Crippen LogP contribution in [-0.4, -0.2) is 0 Å². The summed E-state index contributed by atoms with van der Waals surface area (Å²) in [4.78, 5) is 2.65. The van der Waals surface area contributed by atoms with E-state index < -0.39 is 0 Å². The van der Waals surface area contributed by atoms with Crippen LogP contribution < -0.4 is 0 Å². The van der Waals surface area contributed by atoms with Crippen molar-refractivity contribution in [1.82, 2.24) is 0 Å². The lowest BCUT2D eigenvalue weighted by molar-refractivity contribution is 0.961. The van der Waals surface area contributed by atoms with Crippen molar-refractivity contribution in [3.05, 3.63) is 44.8 Å². The van der Waals surface area contributed by atoms with Crippen LogP contribution in [0.4, 0.5) is 0 Å². The first-order valence-electron chi connectivity index (χ1n) is 4.96. The highest BCUT2D eigenvalue weighted by Crippen LogP contribution is 2.37. The van der Waals surface area contributed by atoms with Crippen molar-refractivity contribution in [3.8, 4) is 0 Å². The number of alkyl halides is 1. The summed E-state index contributed by atoms with van der Waals surface area (Å²) in [6, 6.07) is 8.63. The zero-order valence-electron chi connectivity index (χ0n) is 8.35. The molecule has 0 N–H and O–H groups in total. The molecule has 0 aliphatic carbocycles. The lowest BCUT2D eigenvalue weighted by Gasteiger charge is -2.04. The summed E-state index contributed by atoms with van der Waals surface area (Å²) in [6.45, 7) is 0. The maximum absolute atomic E-state index is 6.45. The van der Waals surface area contributed by atoms with Gasteiger partial charge < -0.3 is 0 Å². The van der Waals surface area contributed by atoms with Crippen LogP contribution in [0, 0.1) is 0 Å². The molecule has 0 radical (unpaired) electrons. The van der Waals surface area contributed by atoms with E-state index in [1.165, 1.54) is 19.2 Å². The highest BCUT2D eigenvalue weighted by molar-refractivity contribution is 7.27. The molecular formula is C12H9ClS3. The van der Waals surface area contributed by atoms with E-state index in [4.69, 9.17) is 11.6 Å². The van der Waals surface area contributed by atoms with E-state index in [1.807, 2.05) is 11.3 Å². The number of rotatable bonds is 3. The molecule has 0 aliphatic heterocycles. The number of thiophene rings is 3. The zero-order valence-corrected chi connectivity index (χ0v) is 11.6. The third-order valence-corrected chi connectivity index (χ3v) is 6.05. The second-order valence-electron chi connectivity index (χ2n) is 3.55. The Morgan fingerprint density at radius 1 is 1.12 bits per heavy atom. The minimum Gasteiger partial charge on any atom is -0.149 e. The number of halogens is 1. The van der Waals surface area contributed by atoms with Crippen LogP contribution in [0.1, 0.15) is 15.1 Å². The molecule has 0 fully saturated rings. The molecule has 82 valence electrons. The highest BCUT2D eigenvalue weighted by Gasteiger charge is 2.13. The first kappa shape index (κ1) is 10.8. The smallest absolute Gasteiger partial charge is 0.0727 e. The lowest BCUT2D eigenvalue weighted by atomic mass is 10.2. The van der Waals surface area contributed by atoms with E-state index in [0.29, 0.717) is 0 Å². The first-order valence-corrected chi connectivity index (χ1v) is 7.97. The second kappa shape index (κ2) is 4.49. The Labute approximate surface area is 111 Å². The second-order valence-corrected chi connectivity index (χ2v) is 7.17. The standard InChI is InChI=1S/C12H9ClS3/c13-9(6-8-2-1-4-14-8)11-7-12-10(16-11)3-5-15-12/h1-5,7,9H,6H2. The quantitative estimate of drug-likeness (QED) is 0.553. The maximum Gasteiger partial charge on any atom is 0.0727 e. The minimum absolute atomic E-state index is 0.114. The SMILES string of the molecule is ClC(Cc1cccs1)c1cc2sccc2s1. The third kappa shape index (κ3) is 2.05. The average Bonchev–Trinajstić information content (AvgIpc) is 2.91. The Bertz CT molecular complexity index is 548. The molecular weight excluding hydrogens is 276 g/mol. The lowest BCUT2D eigenvalue weighted by Crippen LogP contribution is -1.89. The predicted molar refractivity (Wildman–Crippen MR) is 76.3 cm³/mol. The van der Waals surface area contributed by atoms with E-state index in [2.05, 4.69) is 35.0 Å². The van der Waals surface area contributed by atoms with Gasteiger partial charge in [-0.1, -0.05) is 6.07 Å². The number of fused-ring (bicyclic) bond motifs is 1. The summed E-state index contributed by atoms with van der Waals surface area (Å²) >= 11 is 11.8. The van der Waals surface area contributed by atoms with Crippen LogP contribution in [-0.2, 0) is 6.42 Å². The molecule has 0 aromatic carbocycles. The summed E-state index contributed by atoms with van der Waals surface area (Å²) in [7, 11) is 0. The van der Waals surface area contributed by atoms with Crippen LogP contribution in [0.2, 0.25) is 0 Å². The van der Waals surface area contributed by atoms with Gasteiger partial charge in [0.1, 0.15) is 0 Å². The molecule has 3 rings (SSSR count). The number of hydrogen-bond donors (Lipinski definition) is 0. The van der Waals surface area contributed by atoms with Gasteiger partial charge >= 0.3 is 0 Å². The topological polar surface area (TPSA) is 0 Å². The Balaban J connectivity index is 1.84. The third-order valence-electron chi connectivity index (χ3n) is 2.43. The van der Waals surface area contributed by atoms with Crippen LogP contribution >= 0.6 is 45.6 Å². The fourth-order valence-electron chi connectivity index (χ4n) is 1.64. The molecule has 0 spiro atoms. The molecule has 0 nitrogen and oxygen atoms in total. The maximum atomic E-state index is 6.45. The van der Waals surface area contributed by atoms with Crippen LogP contribution in [0.5, 0.6) is 0 Å². The van der Waals surface area contributed by atoms with Gasteiger partial charge in [-0.3, -0.25) is 0 Å². The van der Waals surface area contributed by atoms with Gasteiger partial charge in [-0.2, -0.15) is 0 Å². The van der Waals surface area contributed by atoms with Crippen LogP contribution in [0.25, 0.3) is 9.40 Å². The van der Waals surface area contributed by atoms with E-state index in [-0.39, 0.29) is 5.38 Å². The Morgan fingerprint density at radius 3 is 2.81 bits per heavy atom. The summed E-state index contributed by atoms with van der Waals surface area (Å²) < 4.78 is 2.72. The Kier molecular flexibility index (Phi) is 3.03. The molecule has 1 unspecified atom stereocenters. The van der Waals surface area contributed by atoms with Crippen molar-refractivity contribution in [2.75, 3.05) is 0 Å². The summed E-state index contributed by atoms with van der Waals surface area (Å²) in [5.41, 5.74) is 0. The Hall–Kier alpha value is -0.350. The molecule has 4 heteroatoms. The van der Waals surface area contributed by atoms with Gasteiger partial charge in [-0.15, -0.1) is 45.6 Å². The molecule has 16 heavy (non-hydrogen) atoms. The van der Waals surface area contributed by atoms with Gasteiger partial charge in [0.25, 0.3) is 0 Å². The van der Waals surface area contributed by atoms with Crippen molar-refractivity contribution in [2.24, 2.45) is 0 Å². The van der Waals surface area contributed by atoms with Crippen molar-refractivity contribution in [3.63, 3.8) is 0 Å². The van der Waals surface area contributed by atoms with Crippen LogP contribution in [0.15, 0.2) is 35.0 Å². The van der Waals surface area contributed by atoms with E-state index in [0.717, 1.165) is 6.42 Å². The molecule has 0 saturated carbocycles. The molecule has 0 aliphatic rings. The monoisotopic (exact) mass is 284 g/mol. The molecule has 0 saturated heterocycles. The summed E-state index contributed by atoms with van der Waals surface area (Å²) in [6.07, 6.45) is 0.937. The highest BCUT2D eigenvalue weighted by atomic mass is 35.5. The fourth-order valence-corrected chi connectivity index (χ4v) is 4.95.